The van der Waals surface area contributed by atoms with Crippen LogP contribution in [0.1, 0.15) is 20.8 Å². The van der Waals surface area contributed by atoms with Crippen molar-refractivity contribution in [2.24, 2.45) is 0 Å². The van der Waals surface area contributed by atoms with Crippen molar-refractivity contribution < 1.29 is 15.0 Å². The molecule has 4 heteroatoms. The number of carboxylic acid groups (broad SMARTS) is 1. The minimum atomic E-state index is -1.12. The maximum Gasteiger partial charge on any atom is 0.405 e. The fourth-order valence-corrected chi connectivity index (χ4v) is 0.506. The summed E-state index contributed by atoms with van der Waals surface area (Å²) in [6, 6.07) is -0.464. The molecule has 0 rings (SSSR count). The van der Waals surface area contributed by atoms with Crippen LogP contribution in [0.3, 0.4) is 0 Å². The van der Waals surface area contributed by atoms with Gasteiger partial charge in [0.25, 0.3) is 0 Å². The Morgan fingerprint density at radius 2 is 2.08 bits per heavy atom. The Hall–Kier alpha value is -1.21. The van der Waals surface area contributed by atoms with E-state index in [1.807, 2.05) is 0 Å². The van der Waals surface area contributed by atoms with Gasteiger partial charge in [0.2, 0.25) is 0 Å². The van der Waals surface area contributed by atoms with Crippen LogP contribution in [0.15, 0.2) is 0 Å². The second-order valence-corrected chi connectivity index (χ2v) is 3.00. The zero-order valence-electron chi connectivity index (χ0n) is 7.38. The van der Waals surface area contributed by atoms with Crippen LogP contribution in [0.5, 0.6) is 0 Å². The second kappa shape index (κ2) is 3.98. The van der Waals surface area contributed by atoms with Gasteiger partial charge in [-0.25, -0.2) is 4.79 Å². The van der Waals surface area contributed by atoms with E-state index in [1.165, 1.54) is 13.8 Å². The van der Waals surface area contributed by atoms with Gasteiger partial charge < -0.3 is 15.5 Å². The van der Waals surface area contributed by atoms with E-state index in [2.05, 4.69) is 17.2 Å². The summed E-state index contributed by atoms with van der Waals surface area (Å²) in [6.45, 7) is 4.67. The van der Waals surface area contributed by atoms with Crippen molar-refractivity contribution in [2.75, 3.05) is 0 Å². The summed E-state index contributed by atoms with van der Waals surface area (Å²) in [4.78, 5) is 10.1. The molecule has 0 aliphatic heterocycles. The summed E-state index contributed by atoms with van der Waals surface area (Å²) in [5.41, 5.74) is -1.07. The number of carbonyl (C=O) groups is 1. The number of hydrogen-bond donors (Lipinski definition) is 3. The molecule has 0 aromatic heterocycles. The molecule has 0 aromatic carbocycles. The van der Waals surface area contributed by atoms with Crippen LogP contribution < -0.4 is 5.32 Å². The standard InChI is InChI=1S/C8H13NO3/c1-6(9-7(10)11)4-5-8(2,3)12/h6,9,12H,1-3H3,(H,10,11). The van der Waals surface area contributed by atoms with Gasteiger partial charge in [-0.2, -0.15) is 0 Å². The van der Waals surface area contributed by atoms with E-state index in [0.29, 0.717) is 0 Å². The summed E-state index contributed by atoms with van der Waals surface area (Å²) in [5, 5.41) is 19.6. The maximum atomic E-state index is 10.1. The SMILES string of the molecule is CC(C#CC(C)(C)O)NC(=O)O. The zero-order valence-corrected chi connectivity index (χ0v) is 7.38. The minimum Gasteiger partial charge on any atom is -0.465 e. The molecule has 1 atom stereocenters. The van der Waals surface area contributed by atoms with Crippen LogP contribution in [0.4, 0.5) is 4.79 Å². The van der Waals surface area contributed by atoms with E-state index >= 15 is 0 Å². The Labute approximate surface area is 71.6 Å². The van der Waals surface area contributed by atoms with E-state index in [4.69, 9.17) is 10.2 Å². The summed E-state index contributed by atoms with van der Waals surface area (Å²) < 4.78 is 0. The number of hydrogen-bond acceptors (Lipinski definition) is 2. The molecule has 0 fully saturated rings. The molecule has 0 aliphatic carbocycles. The summed E-state index contributed by atoms with van der Waals surface area (Å²) >= 11 is 0. The maximum absolute atomic E-state index is 10.1. The van der Waals surface area contributed by atoms with Crippen LogP contribution in [0.25, 0.3) is 0 Å². The monoisotopic (exact) mass is 171 g/mol. The predicted octanol–water partition coefficient (Wildman–Crippen LogP) is 0.417. The molecule has 4 nitrogen and oxygen atoms in total. The molecule has 12 heavy (non-hydrogen) atoms. The summed E-state index contributed by atoms with van der Waals surface area (Å²) in [7, 11) is 0. The fraction of sp³-hybridized carbons (Fsp3) is 0.625. The lowest BCUT2D eigenvalue weighted by Gasteiger charge is -2.08. The first kappa shape index (κ1) is 10.8. The number of rotatable bonds is 1. The topological polar surface area (TPSA) is 69.6 Å². The third-order valence-electron chi connectivity index (χ3n) is 0.935. The Morgan fingerprint density at radius 3 is 2.42 bits per heavy atom. The van der Waals surface area contributed by atoms with Crippen molar-refractivity contribution in [3.8, 4) is 11.8 Å². The van der Waals surface area contributed by atoms with Gasteiger partial charge in [-0.15, -0.1) is 0 Å². The van der Waals surface area contributed by atoms with Crippen molar-refractivity contribution >= 4 is 6.09 Å². The summed E-state index contributed by atoms with van der Waals surface area (Å²) in [5.74, 6) is 5.07. The largest absolute Gasteiger partial charge is 0.465 e. The smallest absolute Gasteiger partial charge is 0.405 e. The van der Waals surface area contributed by atoms with Crippen molar-refractivity contribution in [2.45, 2.75) is 32.4 Å². The van der Waals surface area contributed by atoms with Gasteiger partial charge in [-0.05, 0) is 20.8 Å². The first-order valence-electron chi connectivity index (χ1n) is 3.56. The van der Waals surface area contributed by atoms with Gasteiger partial charge in [0.1, 0.15) is 5.60 Å². The lowest BCUT2D eigenvalue weighted by Crippen LogP contribution is -2.30. The minimum absolute atomic E-state index is 0.464. The molecule has 0 saturated heterocycles. The molecular formula is C8H13NO3. The fourth-order valence-electron chi connectivity index (χ4n) is 0.506. The molecule has 0 heterocycles. The van der Waals surface area contributed by atoms with Crippen LogP contribution in [0.2, 0.25) is 0 Å². The Morgan fingerprint density at radius 1 is 1.58 bits per heavy atom. The molecular weight excluding hydrogens is 158 g/mol. The van der Waals surface area contributed by atoms with E-state index in [0.717, 1.165) is 0 Å². The molecule has 0 bridgehead atoms. The number of aliphatic hydroxyl groups is 1. The van der Waals surface area contributed by atoms with Gasteiger partial charge in [0.05, 0.1) is 6.04 Å². The van der Waals surface area contributed by atoms with E-state index < -0.39 is 17.7 Å². The molecule has 0 aromatic rings. The van der Waals surface area contributed by atoms with Gasteiger partial charge in [-0.1, -0.05) is 11.8 Å². The van der Waals surface area contributed by atoms with E-state index in [-0.39, 0.29) is 0 Å². The molecule has 68 valence electrons. The Balaban J connectivity index is 4.04. The lowest BCUT2D eigenvalue weighted by molar-refractivity contribution is 0.143. The second-order valence-electron chi connectivity index (χ2n) is 3.00. The number of nitrogens with one attached hydrogen (secondary N) is 1. The zero-order chi connectivity index (χ0) is 9.78. The van der Waals surface area contributed by atoms with Gasteiger partial charge in [0, 0.05) is 0 Å². The molecule has 0 saturated carbocycles. The average Bonchev–Trinajstić information content (AvgIpc) is 1.80. The summed E-state index contributed by atoms with van der Waals surface area (Å²) in [6.07, 6.45) is -1.12. The Bertz CT molecular complexity index is 219. The quantitative estimate of drug-likeness (QED) is 0.501. The third-order valence-corrected chi connectivity index (χ3v) is 0.935. The van der Waals surface area contributed by atoms with Crippen molar-refractivity contribution in [1.82, 2.24) is 5.32 Å². The lowest BCUT2D eigenvalue weighted by atomic mass is 10.1. The highest BCUT2D eigenvalue weighted by Crippen LogP contribution is 1.96. The van der Waals surface area contributed by atoms with E-state index in [9.17, 15) is 4.79 Å². The van der Waals surface area contributed by atoms with Crippen LogP contribution >= 0.6 is 0 Å². The highest BCUT2D eigenvalue weighted by atomic mass is 16.4. The molecule has 3 N–H and O–H groups in total. The first-order valence-corrected chi connectivity index (χ1v) is 3.56. The van der Waals surface area contributed by atoms with Crippen molar-refractivity contribution in [3.05, 3.63) is 0 Å². The molecule has 0 radical (unpaired) electrons. The van der Waals surface area contributed by atoms with Crippen LogP contribution in [-0.2, 0) is 0 Å². The highest BCUT2D eigenvalue weighted by molar-refractivity contribution is 5.65. The first-order chi connectivity index (χ1) is 5.31. The van der Waals surface area contributed by atoms with Gasteiger partial charge in [0.15, 0.2) is 0 Å². The van der Waals surface area contributed by atoms with Crippen molar-refractivity contribution in [1.29, 1.82) is 0 Å². The molecule has 0 aliphatic rings. The Kier molecular flexibility index (Phi) is 3.58. The number of amides is 1. The van der Waals surface area contributed by atoms with Crippen LogP contribution in [0, 0.1) is 11.8 Å². The normalized spacial score (nSPS) is 12.7. The van der Waals surface area contributed by atoms with Gasteiger partial charge >= 0.3 is 6.09 Å². The molecule has 0 spiro atoms. The van der Waals surface area contributed by atoms with E-state index in [1.54, 1.807) is 6.92 Å². The van der Waals surface area contributed by atoms with Crippen LogP contribution in [-0.4, -0.2) is 27.9 Å². The molecule has 1 unspecified atom stereocenters. The predicted molar refractivity (Wildman–Crippen MR) is 44.7 cm³/mol. The average molecular weight is 171 g/mol. The van der Waals surface area contributed by atoms with Crippen molar-refractivity contribution in [3.63, 3.8) is 0 Å². The third kappa shape index (κ3) is 6.90. The van der Waals surface area contributed by atoms with Gasteiger partial charge in [-0.3, -0.25) is 0 Å². The molecule has 1 amide bonds. The highest BCUT2D eigenvalue weighted by Gasteiger charge is 2.07.